The molecule has 0 aliphatic heterocycles. The lowest BCUT2D eigenvalue weighted by atomic mass is 10.2. The van der Waals surface area contributed by atoms with Crippen LogP contribution in [0.1, 0.15) is 47.1 Å². The van der Waals surface area contributed by atoms with Gasteiger partial charge in [-0.3, -0.25) is 0 Å². The fourth-order valence-corrected chi connectivity index (χ4v) is 3.07. The van der Waals surface area contributed by atoms with E-state index in [9.17, 15) is 9.59 Å². The topological polar surface area (TPSA) is 71.1 Å². The van der Waals surface area contributed by atoms with Gasteiger partial charge in [0.2, 0.25) is 0 Å². The number of halogens is 2. The molecule has 6 nitrogen and oxygen atoms in total. The molecule has 1 aromatic rings. The Balaban J connectivity index is 3.27. The molecule has 0 heterocycles. The molecule has 0 unspecified atom stereocenters. The van der Waals surface area contributed by atoms with Crippen LogP contribution in [0.5, 0.6) is 11.5 Å². The number of carbonyl (C=O) groups excluding carboxylic acids is 2. The fourth-order valence-electron chi connectivity index (χ4n) is 1.65. The van der Waals surface area contributed by atoms with Gasteiger partial charge in [0, 0.05) is 0 Å². The molecular weight excluding hydrogens is 566 g/mol. The maximum atomic E-state index is 12.1. The Morgan fingerprint density at radius 3 is 1.73 bits per heavy atom. The van der Waals surface area contributed by atoms with Crippen molar-refractivity contribution in [1.29, 1.82) is 0 Å². The van der Waals surface area contributed by atoms with E-state index >= 15 is 0 Å². The summed E-state index contributed by atoms with van der Waals surface area (Å²) in [5.74, 6) is 0.160. The van der Waals surface area contributed by atoms with Crippen molar-refractivity contribution in [3.63, 3.8) is 0 Å². The molecule has 0 atom stereocenters. The quantitative estimate of drug-likeness (QED) is 0.239. The van der Waals surface area contributed by atoms with Gasteiger partial charge in [-0.25, -0.2) is 9.59 Å². The van der Waals surface area contributed by atoms with Crippen LogP contribution in [0, 0.1) is 7.14 Å². The minimum absolute atomic E-state index is 0.0764. The minimum atomic E-state index is -0.901. The summed E-state index contributed by atoms with van der Waals surface area (Å²) in [4.78, 5) is 24.2. The van der Waals surface area contributed by atoms with Gasteiger partial charge in [-0.05, 0) is 98.4 Å². The number of carbonyl (C=O) groups is 2. The SMILES string of the molecule is C=Cc1cc(I)c(OC(=O)OC(C)(C)C)c(OC(=O)OC(C)(C)C)c1I. The third-order valence-electron chi connectivity index (χ3n) is 2.53. The molecule has 0 aromatic heterocycles. The summed E-state index contributed by atoms with van der Waals surface area (Å²) < 4.78 is 22.2. The van der Waals surface area contributed by atoms with Crippen LogP contribution in [0.3, 0.4) is 0 Å². The lowest BCUT2D eigenvalue weighted by Crippen LogP contribution is -2.28. The smallest absolute Gasteiger partial charge is 0.428 e. The van der Waals surface area contributed by atoms with Crippen LogP contribution in [-0.2, 0) is 9.47 Å². The van der Waals surface area contributed by atoms with Gasteiger partial charge in [0.25, 0.3) is 0 Å². The van der Waals surface area contributed by atoms with Crippen molar-refractivity contribution in [2.75, 3.05) is 0 Å². The standard InChI is InChI=1S/C18H22I2O6/c1-8-10-9-11(19)13(23-15(21)25-17(2,3)4)14(12(10)20)24-16(22)26-18(5,6)7/h8-9H,1H2,2-7H3. The van der Waals surface area contributed by atoms with Gasteiger partial charge in [0.15, 0.2) is 11.5 Å². The van der Waals surface area contributed by atoms with E-state index in [4.69, 9.17) is 18.9 Å². The van der Waals surface area contributed by atoms with E-state index in [-0.39, 0.29) is 11.5 Å². The average Bonchev–Trinajstić information content (AvgIpc) is 2.42. The third kappa shape index (κ3) is 7.29. The summed E-state index contributed by atoms with van der Waals surface area (Å²) in [5.41, 5.74) is -0.717. The number of hydrogen-bond acceptors (Lipinski definition) is 6. The lowest BCUT2D eigenvalue weighted by Gasteiger charge is -2.22. The Morgan fingerprint density at radius 1 is 0.923 bits per heavy atom. The highest BCUT2D eigenvalue weighted by Gasteiger charge is 2.27. The fraction of sp³-hybridized carbons (Fsp3) is 0.444. The van der Waals surface area contributed by atoms with Gasteiger partial charge in [0.1, 0.15) is 11.2 Å². The van der Waals surface area contributed by atoms with Crippen LogP contribution < -0.4 is 9.47 Å². The molecule has 0 aliphatic rings. The Kier molecular flexibility index (Phi) is 7.75. The van der Waals surface area contributed by atoms with E-state index in [0.717, 1.165) is 5.56 Å². The van der Waals surface area contributed by atoms with E-state index in [1.165, 1.54) is 0 Å². The van der Waals surface area contributed by atoms with Crippen molar-refractivity contribution >= 4 is 63.6 Å². The molecule has 0 bridgehead atoms. The van der Waals surface area contributed by atoms with E-state index in [0.29, 0.717) is 7.14 Å². The molecule has 1 aromatic carbocycles. The second-order valence-corrected chi connectivity index (χ2v) is 9.50. The second-order valence-electron chi connectivity index (χ2n) is 7.26. The summed E-state index contributed by atoms with van der Waals surface area (Å²) in [6, 6.07) is 1.76. The van der Waals surface area contributed by atoms with Crippen LogP contribution in [0.4, 0.5) is 9.59 Å². The molecular formula is C18H22I2O6. The first-order valence-electron chi connectivity index (χ1n) is 7.69. The largest absolute Gasteiger partial charge is 0.514 e. The molecule has 0 spiro atoms. The van der Waals surface area contributed by atoms with Gasteiger partial charge < -0.3 is 18.9 Å². The van der Waals surface area contributed by atoms with Gasteiger partial charge >= 0.3 is 12.3 Å². The van der Waals surface area contributed by atoms with Gasteiger partial charge in [-0.1, -0.05) is 12.7 Å². The van der Waals surface area contributed by atoms with Gasteiger partial charge in [-0.15, -0.1) is 0 Å². The Bertz CT molecular complexity index is 714. The Morgan fingerprint density at radius 2 is 1.35 bits per heavy atom. The Hall–Kier alpha value is -1.04. The molecule has 0 N–H and O–H groups in total. The zero-order valence-electron chi connectivity index (χ0n) is 15.6. The zero-order chi connectivity index (χ0) is 20.3. The van der Waals surface area contributed by atoms with E-state index < -0.39 is 23.5 Å². The van der Waals surface area contributed by atoms with Crippen LogP contribution in [0.15, 0.2) is 12.6 Å². The van der Waals surface area contributed by atoms with Crippen molar-refractivity contribution in [3.05, 3.63) is 25.3 Å². The van der Waals surface area contributed by atoms with E-state index in [1.54, 1.807) is 53.7 Å². The highest BCUT2D eigenvalue weighted by atomic mass is 127. The molecule has 0 aliphatic carbocycles. The molecule has 0 amide bonds. The number of rotatable bonds is 3. The minimum Gasteiger partial charge on any atom is -0.428 e. The number of ether oxygens (including phenoxy) is 4. The van der Waals surface area contributed by atoms with Crippen molar-refractivity contribution in [1.82, 2.24) is 0 Å². The summed E-state index contributed by atoms with van der Waals surface area (Å²) in [5, 5.41) is 0. The highest BCUT2D eigenvalue weighted by Crippen LogP contribution is 2.40. The summed E-state index contributed by atoms with van der Waals surface area (Å²) in [7, 11) is 0. The van der Waals surface area contributed by atoms with Gasteiger partial charge in [0.05, 0.1) is 7.14 Å². The lowest BCUT2D eigenvalue weighted by molar-refractivity contribution is 0.0134. The molecule has 144 valence electrons. The molecule has 0 radical (unpaired) electrons. The monoisotopic (exact) mass is 588 g/mol. The molecule has 0 saturated heterocycles. The first kappa shape index (κ1) is 23.0. The van der Waals surface area contributed by atoms with Crippen LogP contribution >= 0.6 is 45.2 Å². The average molecular weight is 588 g/mol. The number of hydrogen-bond donors (Lipinski definition) is 0. The molecule has 26 heavy (non-hydrogen) atoms. The molecule has 1 rings (SSSR count). The van der Waals surface area contributed by atoms with E-state index in [1.807, 2.05) is 45.2 Å². The maximum Gasteiger partial charge on any atom is 0.514 e. The highest BCUT2D eigenvalue weighted by molar-refractivity contribution is 14.1. The van der Waals surface area contributed by atoms with Crippen molar-refractivity contribution < 1.29 is 28.5 Å². The van der Waals surface area contributed by atoms with Crippen LogP contribution in [0.25, 0.3) is 6.08 Å². The van der Waals surface area contributed by atoms with Crippen molar-refractivity contribution in [3.8, 4) is 11.5 Å². The van der Waals surface area contributed by atoms with E-state index in [2.05, 4.69) is 6.58 Å². The summed E-state index contributed by atoms with van der Waals surface area (Å²) in [6.07, 6.45) is -0.184. The molecule has 0 fully saturated rings. The van der Waals surface area contributed by atoms with Crippen LogP contribution in [-0.4, -0.2) is 23.5 Å². The Labute approximate surface area is 180 Å². The van der Waals surface area contributed by atoms with Crippen molar-refractivity contribution in [2.24, 2.45) is 0 Å². The molecule has 0 saturated carbocycles. The third-order valence-corrected chi connectivity index (χ3v) is 4.44. The predicted molar refractivity (Wildman–Crippen MR) is 116 cm³/mol. The molecule has 8 heteroatoms. The maximum absolute atomic E-state index is 12.1. The summed E-state index contributed by atoms with van der Waals surface area (Å²) >= 11 is 3.97. The van der Waals surface area contributed by atoms with Crippen molar-refractivity contribution in [2.45, 2.75) is 52.7 Å². The van der Waals surface area contributed by atoms with Crippen LogP contribution in [0.2, 0.25) is 0 Å². The first-order valence-corrected chi connectivity index (χ1v) is 9.85. The first-order chi connectivity index (χ1) is 11.7. The number of benzene rings is 1. The second kappa shape index (κ2) is 8.77. The zero-order valence-corrected chi connectivity index (χ0v) is 19.9. The summed E-state index contributed by atoms with van der Waals surface area (Å²) in [6.45, 7) is 14.1. The normalized spacial score (nSPS) is 11.5. The van der Waals surface area contributed by atoms with Gasteiger partial charge in [-0.2, -0.15) is 0 Å². The predicted octanol–water partition coefficient (Wildman–Crippen LogP) is 6.17.